The molecule has 1 aromatic carbocycles. The van der Waals surface area contributed by atoms with Crippen LogP contribution in [-0.4, -0.2) is 31.6 Å². The van der Waals surface area contributed by atoms with Gasteiger partial charge in [0.25, 0.3) is 0 Å². The van der Waals surface area contributed by atoms with Crippen LogP contribution in [0.1, 0.15) is 26.3 Å². The van der Waals surface area contributed by atoms with Crippen molar-refractivity contribution in [2.45, 2.75) is 32.7 Å². The first kappa shape index (κ1) is 15.5. The number of hydrogen-bond acceptors (Lipinski definition) is 3. The molecule has 19 heavy (non-hydrogen) atoms. The lowest BCUT2D eigenvalue weighted by molar-refractivity contribution is -0.125. The molecule has 1 rings (SSSR count). The zero-order chi connectivity index (χ0) is 14.5. The maximum atomic E-state index is 11.6. The Balaban J connectivity index is 2.42. The highest BCUT2D eigenvalue weighted by Gasteiger charge is 2.20. The van der Waals surface area contributed by atoms with Crippen LogP contribution in [-0.2, 0) is 11.2 Å². The molecular weight excluding hydrogens is 238 g/mol. The predicted molar refractivity (Wildman–Crippen MR) is 80.4 cm³/mol. The van der Waals surface area contributed by atoms with E-state index in [0.29, 0.717) is 6.54 Å². The predicted octanol–water partition coefficient (Wildman–Crippen LogP) is 1.54. The Morgan fingerprint density at radius 1 is 1.32 bits per heavy atom. The third kappa shape index (κ3) is 4.91. The van der Waals surface area contributed by atoms with E-state index in [0.717, 1.165) is 18.7 Å². The van der Waals surface area contributed by atoms with Crippen molar-refractivity contribution >= 4 is 11.6 Å². The number of amides is 1. The van der Waals surface area contributed by atoms with Gasteiger partial charge in [0.05, 0.1) is 5.54 Å². The Morgan fingerprint density at radius 3 is 2.37 bits per heavy atom. The number of hydrogen-bond donors (Lipinski definition) is 2. The largest absolute Gasteiger partial charge is 0.373 e. The van der Waals surface area contributed by atoms with Crippen molar-refractivity contribution in [3.05, 3.63) is 29.8 Å². The van der Waals surface area contributed by atoms with Crippen LogP contribution >= 0.6 is 0 Å². The molecule has 0 fully saturated rings. The molecule has 0 bridgehead atoms. The SMILES string of the molecule is CCc1ccc(N(C)CCNC(=O)C(C)(C)N)cc1. The van der Waals surface area contributed by atoms with Crippen LogP contribution in [0.25, 0.3) is 0 Å². The molecule has 0 spiro atoms. The minimum absolute atomic E-state index is 0.123. The fourth-order valence-electron chi connectivity index (χ4n) is 1.68. The maximum Gasteiger partial charge on any atom is 0.239 e. The normalized spacial score (nSPS) is 11.2. The summed E-state index contributed by atoms with van der Waals surface area (Å²) >= 11 is 0. The number of carbonyl (C=O) groups excluding carboxylic acids is 1. The van der Waals surface area contributed by atoms with Crippen molar-refractivity contribution in [1.29, 1.82) is 0 Å². The van der Waals surface area contributed by atoms with Crippen molar-refractivity contribution in [3.63, 3.8) is 0 Å². The molecule has 0 aliphatic rings. The number of anilines is 1. The number of nitrogens with zero attached hydrogens (tertiary/aromatic N) is 1. The second kappa shape index (κ2) is 6.57. The van der Waals surface area contributed by atoms with Gasteiger partial charge < -0.3 is 16.0 Å². The molecule has 106 valence electrons. The minimum Gasteiger partial charge on any atom is -0.373 e. The van der Waals surface area contributed by atoms with Gasteiger partial charge in [0.2, 0.25) is 5.91 Å². The van der Waals surface area contributed by atoms with Crippen LogP contribution < -0.4 is 16.0 Å². The van der Waals surface area contributed by atoms with Crippen molar-refractivity contribution < 1.29 is 4.79 Å². The molecule has 0 heterocycles. The Hall–Kier alpha value is -1.55. The summed E-state index contributed by atoms with van der Waals surface area (Å²) in [6.07, 6.45) is 1.05. The zero-order valence-electron chi connectivity index (χ0n) is 12.4. The minimum atomic E-state index is -0.818. The molecule has 1 amide bonds. The van der Waals surface area contributed by atoms with E-state index in [1.165, 1.54) is 5.56 Å². The van der Waals surface area contributed by atoms with Gasteiger partial charge >= 0.3 is 0 Å². The van der Waals surface area contributed by atoms with Gasteiger partial charge in [0.1, 0.15) is 0 Å². The van der Waals surface area contributed by atoms with Gasteiger partial charge in [-0.1, -0.05) is 19.1 Å². The third-order valence-electron chi connectivity index (χ3n) is 3.10. The molecule has 3 N–H and O–H groups in total. The van der Waals surface area contributed by atoms with E-state index < -0.39 is 5.54 Å². The van der Waals surface area contributed by atoms with Crippen molar-refractivity contribution in [3.8, 4) is 0 Å². The lowest BCUT2D eigenvalue weighted by Gasteiger charge is -2.22. The van der Waals surface area contributed by atoms with E-state index >= 15 is 0 Å². The standard InChI is InChI=1S/C15H25N3O/c1-5-12-6-8-13(9-7-12)18(4)11-10-17-14(19)15(2,3)16/h6-9H,5,10-11,16H2,1-4H3,(H,17,19). The first-order chi connectivity index (χ1) is 8.84. The molecule has 0 saturated carbocycles. The monoisotopic (exact) mass is 263 g/mol. The number of carbonyl (C=O) groups is 1. The highest BCUT2D eigenvalue weighted by atomic mass is 16.2. The highest BCUT2D eigenvalue weighted by Crippen LogP contribution is 2.13. The highest BCUT2D eigenvalue weighted by molar-refractivity contribution is 5.85. The number of aryl methyl sites for hydroxylation is 1. The fourth-order valence-corrected chi connectivity index (χ4v) is 1.68. The number of nitrogens with one attached hydrogen (secondary N) is 1. The maximum absolute atomic E-state index is 11.6. The summed E-state index contributed by atoms with van der Waals surface area (Å²) in [6, 6.07) is 8.47. The second-order valence-corrected chi connectivity index (χ2v) is 5.42. The van der Waals surface area contributed by atoms with Gasteiger partial charge in [-0.3, -0.25) is 4.79 Å². The summed E-state index contributed by atoms with van der Waals surface area (Å²) in [6.45, 7) is 6.90. The number of likely N-dealkylation sites (N-methyl/N-ethyl adjacent to an activating group) is 1. The molecule has 0 aromatic heterocycles. The lowest BCUT2D eigenvalue weighted by atomic mass is 10.1. The topological polar surface area (TPSA) is 58.4 Å². The molecule has 4 heteroatoms. The average molecular weight is 263 g/mol. The van der Waals surface area contributed by atoms with Gasteiger partial charge in [-0.2, -0.15) is 0 Å². The van der Waals surface area contributed by atoms with Gasteiger partial charge in [-0.25, -0.2) is 0 Å². The van der Waals surface area contributed by atoms with E-state index in [9.17, 15) is 4.79 Å². The van der Waals surface area contributed by atoms with Gasteiger partial charge in [-0.15, -0.1) is 0 Å². The van der Waals surface area contributed by atoms with Crippen LogP contribution in [0, 0.1) is 0 Å². The molecule has 0 radical (unpaired) electrons. The molecular formula is C15H25N3O. The number of benzene rings is 1. The summed E-state index contributed by atoms with van der Waals surface area (Å²) in [7, 11) is 2.01. The van der Waals surface area contributed by atoms with Crippen LogP contribution in [0.5, 0.6) is 0 Å². The summed E-state index contributed by atoms with van der Waals surface area (Å²) < 4.78 is 0. The van der Waals surface area contributed by atoms with Gasteiger partial charge in [0, 0.05) is 25.8 Å². The molecule has 0 unspecified atom stereocenters. The van der Waals surface area contributed by atoms with Crippen LogP contribution in [0.3, 0.4) is 0 Å². The number of rotatable bonds is 6. The van der Waals surface area contributed by atoms with Crippen LogP contribution in [0.15, 0.2) is 24.3 Å². The number of nitrogens with two attached hydrogens (primary N) is 1. The fraction of sp³-hybridized carbons (Fsp3) is 0.533. The second-order valence-electron chi connectivity index (χ2n) is 5.42. The quantitative estimate of drug-likeness (QED) is 0.818. The van der Waals surface area contributed by atoms with Gasteiger partial charge in [0.15, 0.2) is 0 Å². The molecule has 1 aromatic rings. The lowest BCUT2D eigenvalue weighted by Crippen LogP contribution is -2.50. The Morgan fingerprint density at radius 2 is 1.89 bits per heavy atom. The van der Waals surface area contributed by atoms with Gasteiger partial charge in [-0.05, 0) is 38.0 Å². The van der Waals surface area contributed by atoms with E-state index in [-0.39, 0.29) is 5.91 Å². The van der Waals surface area contributed by atoms with E-state index in [4.69, 9.17) is 5.73 Å². The first-order valence-corrected chi connectivity index (χ1v) is 6.72. The third-order valence-corrected chi connectivity index (χ3v) is 3.10. The molecule has 4 nitrogen and oxygen atoms in total. The van der Waals surface area contributed by atoms with Crippen molar-refractivity contribution in [2.24, 2.45) is 5.73 Å². The van der Waals surface area contributed by atoms with E-state index in [1.54, 1.807) is 13.8 Å². The summed E-state index contributed by atoms with van der Waals surface area (Å²) in [5.74, 6) is -0.123. The average Bonchev–Trinajstić information content (AvgIpc) is 2.37. The Kier molecular flexibility index (Phi) is 5.36. The van der Waals surface area contributed by atoms with E-state index in [2.05, 4.69) is 41.4 Å². The molecule has 0 aliphatic heterocycles. The van der Waals surface area contributed by atoms with Crippen molar-refractivity contribution in [2.75, 3.05) is 25.0 Å². The molecule has 0 aliphatic carbocycles. The molecule has 0 saturated heterocycles. The summed E-state index contributed by atoms with van der Waals surface area (Å²) in [5.41, 5.74) is 7.38. The smallest absolute Gasteiger partial charge is 0.239 e. The Labute approximate surface area is 116 Å². The summed E-state index contributed by atoms with van der Waals surface area (Å²) in [4.78, 5) is 13.7. The summed E-state index contributed by atoms with van der Waals surface area (Å²) in [5, 5.41) is 2.84. The zero-order valence-corrected chi connectivity index (χ0v) is 12.4. The van der Waals surface area contributed by atoms with Crippen LogP contribution in [0.2, 0.25) is 0 Å². The molecule has 0 atom stereocenters. The van der Waals surface area contributed by atoms with Crippen molar-refractivity contribution in [1.82, 2.24) is 5.32 Å². The van der Waals surface area contributed by atoms with Crippen LogP contribution in [0.4, 0.5) is 5.69 Å². The first-order valence-electron chi connectivity index (χ1n) is 6.72. The van der Waals surface area contributed by atoms with E-state index in [1.807, 2.05) is 7.05 Å². The Bertz CT molecular complexity index is 406.